The standard InChI is InChI=1S/C23H19N3O5S/c1-12-15-17(28-2)14-9-10-30-18(14)20(29-3)19(15)31-22(27)16(12)21-24-25-23(32)26(21)11-13-7-5-4-6-8-13/h4-10H,11H2,1-3H3,(H,25,32). The predicted octanol–water partition coefficient (Wildman–Crippen LogP) is 4.83. The average molecular weight is 449 g/mol. The number of nitrogens with zero attached hydrogens (tertiary/aromatic N) is 2. The van der Waals surface area contributed by atoms with E-state index in [4.69, 9.17) is 30.5 Å². The molecular formula is C23H19N3O5S. The van der Waals surface area contributed by atoms with Crippen LogP contribution in [-0.4, -0.2) is 29.0 Å². The van der Waals surface area contributed by atoms with Crippen LogP contribution in [0.25, 0.3) is 33.3 Å². The van der Waals surface area contributed by atoms with Crippen LogP contribution >= 0.6 is 12.2 Å². The smallest absolute Gasteiger partial charge is 0.347 e. The van der Waals surface area contributed by atoms with E-state index in [1.54, 1.807) is 17.7 Å². The van der Waals surface area contributed by atoms with E-state index in [2.05, 4.69) is 10.2 Å². The first kappa shape index (κ1) is 20.1. The van der Waals surface area contributed by atoms with Crippen LogP contribution in [0, 0.1) is 11.7 Å². The third kappa shape index (κ3) is 2.93. The first-order valence-corrected chi connectivity index (χ1v) is 10.2. The summed E-state index contributed by atoms with van der Waals surface area (Å²) in [5.74, 6) is 1.24. The van der Waals surface area contributed by atoms with Crippen molar-refractivity contribution in [3.8, 4) is 22.9 Å². The van der Waals surface area contributed by atoms with Gasteiger partial charge in [-0.3, -0.25) is 9.67 Å². The molecule has 8 nitrogen and oxygen atoms in total. The van der Waals surface area contributed by atoms with Gasteiger partial charge in [-0.2, -0.15) is 5.10 Å². The summed E-state index contributed by atoms with van der Waals surface area (Å²) in [4.78, 5) is 13.2. The number of benzene rings is 2. The van der Waals surface area contributed by atoms with Crippen LogP contribution < -0.4 is 15.1 Å². The molecular weight excluding hydrogens is 430 g/mol. The predicted molar refractivity (Wildman–Crippen MR) is 122 cm³/mol. The maximum atomic E-state index is 13.2. The maximum Gasteiger partial charge on any atom is 0.347 e. The first-order valence-electron chi connectivity index (χ1n) is 9.83. The van der Waals surface area contributed by atoms with E-state index >= 15 is 0 Å². The van der Waals surface area contributed by atoms with E-state index in [0.717, 1.165) is 5.56 Å². The largest absolute Gasteiger partial charge is 0.495 e. The fourth-order valence-corrected chi connectivity index (χ4v) is 4.25. The van der Waals surface area contributed by atoms with E-state index in [-0.39, 0.29) is 5.58 Å². The molecule has 0 bridgehead atoms. The number of aromatic nitrogens is 3. The molecule has 3 aromatic heterocycles. The number of nitrogens with one attached hydrogen (secondary N) is 1. The zero-order valence-corrected chi connectivity index (χ0v) is 18.4. The zero-order valence-electron chi connectivity index (χ0n) is 17.6. The minimum absolute atomic E-state index is 0.252. The van der Waals surface area contributed by atoms with Crippen molar-refractivity contribution in [2.24, 2.45) is 0 Å². The Morgan fingerprint density at radius 2 is 1.84 bits per heavy atom. The molecule has 5 aromatic rings. The molecule has 0 radical (unpaired) electrons. The van der Waals surface area contributed by atoms with Crippen LogP contribution in [0.5, 0.6) is 11.5 Å². The molecule has 32 heavy (non-hydrogen) atoms. The average Bonchev–Trinajstić information content (AvgIpc) is 3.41. The zero-order chi connectivity index (χ0) is 22.4. The highest BCUT2D eigenvalue weighted by molar-refractivity contribution is 7.71. The Hall–Kier alpha value is -3.85. The molecule has 0 aliphatic carbocycles. The molecule has 0 saturated heterocycles. The van der Waals surface area contributed by atoms with E-state index in [1.807, 2.05) is 37.3 Å². The highest BCUT2D eigenvalue weighted by atomic mass is 32.1. The molecule has 5 rings (SSSR count). The Bertz CT molecular complexity index is 1580. The molecule has 0 amide bonds. The Morgan fingerprint density at radius 3 is 2.56 bits per heavy atom. The number of aromatic amines is 1. The third-order valence-corrected chi connectivity index (χ3v) is 5.81. The number of ether oxygens (including phenoxy) is 2. The lowest BCUT2D eigenvalue weighted by atomic mass is 10.0. The fourth-order valence-electron chi connectivity index (χ4n) is 4.06. The van der Waals surface area contributed by atoms with Crippen LogP contribution in [0.15, 0.2) is 56.3 Å². The van der Waals surface area contributed by atoms with Crippen molar-refractivity contribution in [3.05, 3.63) is 69.0 Å². The van der Waals surface area contributed by atoms with Crippen molar-refractivity contribution in [1.29, 1.82) is 0 Å². The number of methoxy groups -OCH3 is 2. The molecule has 0 spiro atoms. The lowest BCUT2D eigenvalue weighted by Gasteiger charge is -2.14. The van der Waals surface area contributed by atoms with Crippen molar-refractivity contribution in [2.45, 2.75) is 13.5 Å². The quantitative estimate of drug-likeness (QED) is 0.303. The van der Waals surface area contributed by atoms with Gasteiger partial charge in [0.1, 0.15) is 11.3 Å². The summed E-state index contributed by atoms with van der Waals surface area (Å²) in [6.45, 7) is 2.27. The summed E-state index contributed by atoms with van der Waals surface area (Å²) >= 11 is 5.45. The normalized spacial score (nSPS) is 11.3. The van der Waals surface area contributed by atoms with E-state index < -0.39 is 5.63 Å². The van der Waals surface area contributed by atoms with Gasteiger partial charge in [-0.25, -0.2) is 4.79 Å². The Kier molecular flexibility index (Phi) is 4.82. The van der Waals surface area contributed by atoms with Crippen LogP contribution in [0.4, 0.5) is 0 Å². The molecule has 2 aromatic carbocycles. The fraction of sp³-hybridized carbons (Fsp3) is 0.174. The van der Waals surface area contributed by atoms with Gasteiger partial charge in [0.15, 0.2) is 21.8 Å². The third-order valence-electron chi connectivity index (χ3n) is 5.50. The number of aryl methyl sites for hydroxylation is 1. The van der Waals surface area contributed by atoms with Gasteiger partial charge in [-0.15, -0.1) is 0 Å². The van der Waals surface area contributed by atoms with Crippen LogP contribution in [-0.2, 0) is 6.54 Å². The van der Waals surface area contributed by atoms with Crippen LogP contribution in [0.1, 0.15) is 11.1 Å². The molecule has 162 valence electrons. The molecule has 0 aliphatic heterocycles. The molecule has 0 aliphatic rings. The van der Waals surface area contributed by atoms with Crippen molar-refractivity contribution < 1.29 is 18.3 Å². The molecule has 0 atom stereocenters. The molecule has 0 saturated carbocycles. The minimum atomic E-state index is -0.565. The van der Waals surface area contributed by atoms with Gasteiger partial charge in [0.05, 0.1) is 37.8 Å². The second-order valence-electron chi connectivity index (χ2n) is 7.25. The highest BCUT2D eigenvalue weighted by Gasteiger charge is 2.26. The van der Waals surface area contributed by atoms with Gasteiger partial charge in [0, 0.05) is 0 Å². The number of rotatable bonds is 5. The van der Waals surface area contributed by atoms with Crippen molar-refractivity contribution in [1.82, 2.24) is 14.8 Å². The maximum absolute atomic E-state index is 13.2. The van der Waals surface area contributed by atoms with E-state index in [1.165, 1.54) is 13.4 Å². The monoisotopic (exact) mass is 449 g/mol. The Balaban J connectivity index is 1.84. The minimum Gasteiger partial charge on any atom is -0.495 e. The lowest BCUT2D eigenvalue weighted by Crippen LogP contribution is -2.12. The van der Waals surface area contributed by atoms with Crippen LogP contribution in [0.3, 0.4) is 0 Å². The van der Waals surface area contributed by atoms with Gasteiger partial charge in [-0.1, -0.05) is 30.3 Å². The second kappa shape index (κ2) is 7.69. The topological polar surface area (TPSA) is 95.4 Å². The first-order chi connectivity index (χ1) is 15.5. The molecule has 9 heteroatoms. The number of hydrogen-bond acceptors (Lipinski definition) is 7. The summed E-state index contributed by atoms with van der Waals surface area (Å²) in [7, 11) is 3.06. The van der Waals surface area contributed by atoms with Gasteiger partial charge in [0.25, 0.3) is 0 Å². The highest BCUT2D eigenvalue weighted by Crippen LogP contribution is 2.45. The summed E-state index contributed by atoms with van der Waals surface area (Å²) in [5, 5.41) is 8.47. The van der Waals surface area contributed by atoms with E-state index in [0.29, 0.717) is 56.1 Å². The van der Waals surface area contributed by atoms with Crippen LogP contribution in [0.2, 0.25) is 0 Å². The second-order valence-corrected chi connectivity index (χ2v) is 7.63. The van der Waals surface area contributed by atoms with Crippen molar-refractivity contribution in [3.63, 3.8) is 0 Å². The summed E-state index contributed by atoms with van der Waals surface area (Å²) in [6, 6.07) is 11.6. The van der Waals surface area contributed by atoms with Gasteiger partial charge < -0.3 is 18.3 Å². The summed E-state index contributed by atoms with van der Waals surface area (Å²) in [6.07, 6.45) is 1.54. The number of fused-ring (bicyclic) bond motifs is 2. The van der Waals surface area contributed by atoms with Gasteiger partial charge in [0.2, 0.25) is 5.75 Å². The van der Waals surface area contributed by atoms with Crippen molar-refractivity contribution >= 4 is 34.2 Å². The summed E-state index contributed by atoms with van der Waals surface area (Å²) in [5.41, 5.74) is 2.08. The molecule has 0 fully saturated rings. The summed E-state index contributed by atoms with van der Waals surface area (Å²) < 4.78 is 24.8. The molecule has 0 unspecified atom stereocenters. The van der Waals surface area contributed by atoms with Gasteiger partial charge in [-0.05, 0) is 36.3 Å². The van der Waals surface area contributed by atoms with E-state index in [9.17, 15) is 4.79 Å². The van der Waals surface area contributed by atoms with Crippen molar-refractivity contribution in [2.75, 3.05) is 14.2 Å². The molecule has 1 N–H and O–H groups in total. The number of hydrogen-bond donors (Lipinski definition) is 1. The molecule has 3 heterocycles. The number of furan rings is 1. The Labute approximate surface area is 187 Å². The van der Waals surface area contributed by atoms with Gasteiger partial charge >= 0.3 is 5.63 Å². The number of H-pyrrole nitrogens is 1. The SMILES string of the molecule is COc1c2occc2c(OC)c2c(C)c(-c3n[nH]c(=S)n3Cc3ccccc3)c(=O)oc12. The Morgan fingerprint density at radius 1 is 1.09 bits per heavy atom. The lowest BCUT2D eigenvalue weighted by molar-refractivity contribution is 0.398.